The van der Waals surface area contributed by atoms with Gasteiger partial charge in [0, 0.05) is 23.3 Å². The number of unbranched alkanes of at least 4 members (excludes halogenated alkanes) is 2. The number of benzene rings is 1. The van der Waals surface area contributed by atoms with Crippen LogP contribution in [0.25, 0.3) is 0 Å². The summed E-state index contributed by atoms with van der Waals surface area (Å²) >= 11 is 0.945. The topological polar surface area (TPSA) is 463 Å². The molecule has 2 aliphatic rings. The summed E-state index contributed by atoms with van der Waals surface area (Å²) in [6, 6.07) is -0.396. The van der Waals surface area contributed by atoms with Crippen molar-refractivity contribution in [1.82, 2.24) is 53.2 Å². The molecule has 0 aromatic heterocycles. The van der Waals surface area contributed by atoms with Crippen LogP contribution in [0.2, 0.25) is 0 Å². The first kappa shape index (κ1) is 62.8. The first-order valence-corrected chi connectivity index (χ1v) is 27.2. The molecule has 0 radical (unpaired) electrons. The van der Waals surface area contributed by atoms with Crippen LogP contribution in [0, 0.1) is 0 Å². The zero-order valence-corrected chi connectivity index (χ0v) is 42.2. The number of thioether (sulfide) groups is 1. The average Bonchev–Trinajstić information content (AvgIpc) is 3.31. The Bertz CT molecular complexity index is 1810. The van der Waals surface area contributed by atoms with Gasteiger partial charge in [0.05, 0.1) is 55.3 Å². The molecule has 2 fully saturated rings. The Hall–Kier alpha value is -3.51. The van der Waals surface area contributed by atoms with E-state index < -0.39 is 141 Å². The molecule has 13 atom stereocenters. The van der Waals surface area contributed by atoms with Crippen LogP contribution in [-0.4, -0.2) is 205 Å². The number of carboxylic acid groups (broad SMARTS) is 2. The molecule has 0 spiro atoms. The Kier molecular flexibility index (Phi) is 29.8. The number of hydrogen-bond donors (Lipinski definition) is 21. The second kappa shape index (κ2) is 34.1. The second-order valence-electron chi connectivity index (χ2n) is 17.4. The van der Waals surface area contributed by atoms with Crippen molar-refractivity contribution in [3.05, 3.63) is 35.9 Å². The summed E-state index contributed by atoms with van der Waals surface area (Å²) < 4.78 is 0. The SMILES string of the molecule is NC(N)NCCC[C@@H]1N[C@@H](O)[C@@H]2CSSC[C@H](N[C@H](O)[C@H](CC(=O)O)NC(=O)CN[C@@H]1O)[C@H](O)N[C@@H](Cc1ccccc1)C(=O)N[C@H]([C@H](O)NCCCCC[C@H](N)O)CSCC(=O)N[C@@H](CC(=O)O)C(=O)N2. The molecular formula is C42H75N13O14S3. The third-order valence-corrected chi connectivity index (χ3v) is 14.8. The third kappa shape index (κ3) is 25.1. The van der Waals surface area contributed by atoms with Crippen molar-refractivity contribution in [2.45, 2.75) is 144 Å². The number of nitrogens with two attached hydrogens (primary N) is 3. The minimum Gasteiger partial charge on any atom is -0.481 e. The van der Waals surface area contributed by atoms with Gasteiger partial charge < -0.3 is 79.3 Å². The number of aliphatic hydroxyl groups excluding tert-OH is 6. The van der Waals surface area contributed by atoms with Crippen molar-refractivity contribution in [2.75, 3.05) is 42.6 Å². The van der Waals surface area contributed by atoms with Crippen molar-refractivity contribution < 1.29 is 69.6 Å². The highest BCUT2D eigenvalue weighted by molar-refractivity contribution is 8.76. The molecule has 2 heterocycles. The highest BCUT2D eigenvalue weighted by atomic mass is 33.1. The molecule has 72 heavy (non-hydrogen) atoms. The van der Waals surface area contributed by atoms with Crippen LogP contribution in [0.15, 0.2) is 30.3 Å². The van der Waals surface area contributed by atoms with Crippen molar-refractivity contribution in [1.29, 1.82) is 0 Å². The first-order chi connectivity index (χ1) is 34.2. The van der Waals surface area contributed by atoms with E-state index in [1.807, 2.05) is 0 Å². The molecule has 410 valence electrons. The smallest absolute Gasteiger partial charge is 0.305 e. The van der Waals surface area contributed by atoms with Gasteiger partial charge in [0.1, 0.15) is 49.7 Å². The highest BCUT2D eigenvalue weighted by Crippen LogP contribution is 2.25. The summed E-state index contributed by atoms with van der Waals surface area (Å²) in [5.74, 6) is -6.98. The number of hydrogen-bond acceptors (Lipinski definition) is 24. The molecule has 1 aromatic rings. The summed E-state index contributed by atoms with van der Waals surface area (Å²) in [4.78, 5) is 79.1. The largest absolute Gasteiger partial charge is 0.481 e. The van der Waals surface area contributed by atoms with Gasteiger partial charge in [-0.15, -0.1) is 11.8 Å². The Morgan fingerprint density at radius 2 is 1.32 bits per heavy atom. The summed E-state index contributed by atoms with van der Waals surface area (Å²) in [5, 5.41) is 114. The predicted molar refractivity (Wildman–Crippen MR) is 269 cm³/mol. The maximum atomic E-state index is 14.4. The molecule has 27 nitrogen and oxygen atoms in total. The lowest BCUT2D eigenvalue weighted by atomic mass is 10.0. The Morgan fingerprint density at radius 3 is 1.99 bits per heavy atom. The summed E-state index contributed by atoms with van der Waals surface area (Å²) in [6.07, 6.45) is -9.19. The zero-order valence-electron chi connectivity index (χ0n) is 39.8. The van der Waals surface area contributed by atoms with Crippen LogP contribution in [0.5, 0.6) is 0 Å². The van der Waals surface area contributed by atoms with Gasteiger partial charge in [-0.2, -0.15) is 0 Å². The fourth-order valence-corrected chi connectivity index (χ4v) is 10.8. The maximum Gasteiger partial charge on any atom is 0.305 e. The molecule has 2 bridgehead atoms. The highest BCUT2D eigenvalue weighted by Gasteiger charge is 2.36. The molecule has 0 saturated carbocycles. The van der Waals surface area contributed by atoms with E-state index in [-0.39, 0.29) is 48.9 Å². The molecule has 4 amide bonds. The van der Waals surface area contributed by atoms with E-state index in [1.165, 1.54) is 0 Å². The van der Waals surface area contributed by atoms with Gasteiger partial charge in [-0.25, -0.2) is 0 Å². The Balaban J connectivity index is 2.12. The van der Waals surface area contributed by atoms with Crippen molar-refractivity contribution >= 4 is 68.9 Å². The van der Waals surface area contributed by atoms with Crippen LogP contribution in [0.1, 0.15) is 56.9 Å². The molecular weight excluding hydrogens is 1010 g/mol. The van der Waals surface area contributed by atoms with Crippen LogP contribution in [-0.2, 0) is 35.2 Å². The van der Waals surface area contributed by atoms with E-state index >= 15 is 0 Å². The van der Waals surface area contributed by atoms with Gasteiger partial charge >= 0.3 is 11.9 Å². The van der Waals surface area contributed by atoms with Crippen molar-refractivity contribution in [2.24, 2.45) is 17.2 Å². The molecule has 30 heteroatoms. The fraction of sp³-hybridized carbons (Fsp3) is 0.714. The molecule has 0 unspecified atom stereocenters. The van der Waals surface area contributed by atoms with Gasteiger partial charge in [0.25, 0.3) is 0 Å². The molecule has 24 N–H and O–H groups in total. The molecule has 0 aliphatic carbocycles. The number of amides is 4. The number of aliphatic carboxylic acids is 2. The van der Waals surface area contributed by atoms with E-state index in [0.29, 0.717) is 37.7 Å². The quantitative estimate of drug-likeness (QED) is 0.0348. The van der Waals surface area contributed by atoms with Crippen LogP contribution >= 0.6 is 33.3 Å². The van der Waals surface area contributed by atoms with Crippen molar-refractivity contribution in [3.8, 4) is 0 Å². The summed E-state index contributed by atoms with van der Waals surface area (Å²) in [5.41, 5.74) is 17.3. The van der Waals surface area contributed by atoms with Crippen molar-refractivity contribution in [3.63, 3.8) is 0 Å². The van der Waals surface area contributed by atoms with Gasteiger partial charge in [-0.1, -0.05) is 58.3 Å². The van der Waals surface area contributed by atoms with E-state index in [4.69, 9.17) is 17.2 Å². The fourth-order valence-electron chi connectivity index (χ4n) is 7.43. The monoisotopic (exact) mass is 1080 g/mol. The lowest BCUT2D eigenvalue weighted by Crippen LogP contribution is -2.63. The predicted octanol–water partition coefficient (Wildman–Crippen LogP) is -6.69. The second-order valence-corrected chi connectivity index (χ2v) is 20.9. The number of aliphatic hydroxyl groups is 6. The normalized spacial score (nSPS) is 29.3. The first-order valence-electron chi connectivity index (χ1n) is 23.5. The number of carbonyl (C=O) groups is 6. The number of rotatable bonds is 19. The van der Waals surface area contributed by atoms with Crippen LogP contribution < -0.4 is 70.4 Å². The number of carboxylic acids is 2. The van der Waals surface area contributed by atoms with E-state index in [0.717, 1.165) is 33.3 Å². The lowest BCUT2D eigenvalue weighted by molar-refractivity contribution is -0.141. The van der Waals surface area contributed by atoms with E-state index in [2.05, 4.69) is 53.2 Å². The van der Waals surface area contributed by atoms with Crippen LogP contribution in [0.3, 0.4) is 0 Å². The average molecular weight is 1080 g/mol. The summed E-state index contributed by atoms with van der Waals surface area (Å²) in [7, 11) is 2.08. The number of nitrogens with one attached hydrogen (secondary N) is 10. The number of fused-ring (bicyclic) bond motifs is 5. The van der Waals surface area contributed by atoms with Gasteiger partial charge in [-0.05, 0) is 57.2 Å². The molecule has 1 aromatic carbocycles. The van der Waals surface area contributed by atoms with Crippen LogP contribution in [0.4, 0.5) is 0 Å². The molecule has 3 rings (SSSR count). The number of carbonyl (C=O) groups excluding carboxylic acids is 4. The lowest BCUT2D eigenvalue weighted by Gasteiger charge is -2.33. The summed E-state index contributed by atoms with van der Waals surface area (Å²) in [6.45, 7) is -0.113. The minimum atomic E-state index is -1.85. The Morgan fingerprint density at radius 1 is 0.667 bits per heavy atom. The molecule has 2 saturated heterocycles. The van der Waals surface area contributed by atoms with E-state index in [9.17, 15) is 69.6 Å². The van der Waals surface area contributed by atoms with Gasteiger partial charge in [0.2, 0.25) is 23.6 Å². The van der Waals surface area contributed by atoms with Gasteiger partial charge in [0.15, 0.2) is 0 Å². The molecule has 2 aliphatic heterocycles. The van der Waals surface area contributed by atoms with E-state index in [1.54, 1.807) is 30.3 Å². The maximum absolute atomic E-state index is 14.4. The zero-order chi connectivity index (χ0) is 53.2. The third-order valence-electron chi connectivity index (χ3n) is 11.3. The van der Waals surface area contributed by atoms with Gasteiger partial charge in [-0.3, -0.25) is 60.7 Å². The Labute approximate surface area is 429 Å². The minimum absolute atomic E-state index is 0.0223. The standard InChI is InChI=1S/C42H75N13O14S3/c43-30(56)11-5-2-6-12-46-36(64)27-18-70-21-32(58)50-26(16-34(61)62)39(67)54-28-19-71-72-20-29(41(69)52-24(37(65)53-27)14-22-8-3-1-4-9-22)55-38(66)25(15-33(59)60)49-31(57)17-48-35(63)23(51-40(28)68)10-7-13-47-42(44)45/h1,3-4,8-9,23-30,35-36,38,40-42,46-48,51-52,55-56,63-64,66,68-69H,2,5-7,10-21,43-45H2,(H,49,57)(H,50,58)(H,53,65)(H,54,67)(H,59,60)(H,61,62)/t23-,24-,25-,26-,27-,28-,29-,30+,35+,36-,38+,40-,41-/m0/s1.